The average molecular weight is 1110 g/mol. The summed E-state index contributed by atoms with van der Waals surface area (Å²) in [7, 11) is -1.63. The molecule has 67 heavy (non-hydrogen) atoms. The van der Waals surface area contributed by atoms with Gasteiger partial charge in [0.15, 0.2) is 0 Å². The Morgan fingerprint density at radius 1 is 0.403 bits per heavy atom. The van der Waals surface area contributed by atoms with E-state index < -0.39 is 29.7 Å². The zero-order valence-corrected chi connectivity index (χ0v) is 42.8. The molecule has 0 fully saturated rings. The summed E-state index contributed by atoms with van der Waals surface area (Å²) >= 11 is 0. The summed E-state index contributed by atoms with van der Waals surface area (Å²) in [5.74, 6) is -1.08. The molecule has 3 nitrogen and oxygen atoms in total. The molecule has 9 aromatic carbocycles. The van der Waals surface area contributed by atoms with Crippen molar-refractivity contribution in [2.75, 3.05) is 0 Å². The Morgan fingerprint density at radius 3 is 0.955 bits per heavy atom. The van der Waals surface area contributed by atoms with E-state index in [4.69, 9.17) is 14.9 Å². The van der Waals surface area contributed by atoms with Crippen molar-refractivity contribution < 1.29 is 50.7 Å². The van der Waals surface area contributed by atoms with Crippen molar-refractivity contribution >= 4 is 88.5 Å². The molecule has 8 heteroatoms. The topological polar surface area (TPSA) is 54.2 Å². The molecule has 0 spiro atoms. The maximum Gasteiger partial charge on any atom is 2.00 e. The summed E-state index contributed by atoms with van der Waals surface area (Å²) in [5.41, 5.74) is 3.62. The zero-order valence-electron chi connectivity index (χ0n) is 37.0. The molecule has 10 rings (SSSR count). The fourth-order valence-electron chi connectivity index (χ4n) is 7.18. The molecule has 0 saturated heterocycles. The molecule has 0 unspecified atom stereocenters. The van der Waals surface area contributed by atoms with E-state index in [9.17, 15) is 0 Å². The Kier molecular flexibility index (Phi) is 22.0. The number of carbonyl (C=O) groups excluding carboxylic acids is 1. The van der Waals surface area contributed by atoms with Crippen LogP contribution in [0.1, 0.15) is 12.5 Å². The van der Waals surface area contributed by atoms with Crippen molar-refractivity contribution in [3.63, 3.8) is 0 Å². The minimum Gasteiger partial charge on any atom is -0.656 e. The predicted molar refractivity (Wildman–Crippen MR) is 279 cm³/mol. The van der Waals surface area contributed by atoms with Gasteiger partial charge in [-0.3, -0.25) is 0 Å². The number of fused-ring (bicyclic) bond motifs is 1. The number of aliphatic carboxylic acids is 1. The molecule has 0 saturated carbocycles. The van der Waals surface area contributed by atoms with E-state index in [2.05, 4.69) is 250 Å². The van der Waals surface area contributed by atoms with Crippen LogP contribution in [0.25, 0.3) is 10.9 Å². The first-order valence-electron chi connectivity index (χ1n) is 21.3. The second-order valence-corrected chi connectivity index (χ2v) is 21.1. The van der Waals surface area contributed by atoms with E-state index >= 15 is 0 Å². The molecule has 0 bridgehead atoms. The molecule has 0 aliphatic rings. The van der Waals surface area contributed by atoms with Crippen LogP contribution < -0.4 is 58.0 Å². The van der Waals surface area contributed by atoms with Crippen LogP contribution in [0.15, 0.2) is 255 Å². The third kappa shape index (κ3) is 15.0. The second kappa shape index (κ2) is 28.1. The first kappa shape index (κ1) is 52.6. The van der Waals surface area contributed by atoms with Gasteiger partial charge in [0, 0.05) is 5.97 Å². The van der Waals surface area contributed by atoms with Crippen LogP contribution in [-0.2, 0) is 45.6 Å². The number of hydrogen-bond donors (Lipinski definition) is 0. The molecule has 0 aliphatic heterocycles. The van der Waals surface area contributed by atoms with Gasteiger partial charge in [-0.25, -0.2) is 0 Å². The van der Waals surface area contributed by atoms with Crippen LogP contribution in [0, 0.1) is 19.1 Å². The Hall–Kier alpha value is -5.40. The summed E-state index contributed by atoms with van der Waals surface area (Å²) < 4.78 is 0. The van der Waals surface area contributed by atoms with E-state index in [1.165, 1.54) is 58.8 Å². The van der Waals surface area contributed by atoms with E-state index in [-0.39, 0.29) is 40.8 Å². The van der Waals surface area contributed by atoms with Crippen LogP contribution in [0.4, 0.5) is 0 Å². The minimum absolute atomic E-state index is 0. The van der Waals surface area contributed by atoms with Gasteiger partial charge in [-0.1, -0.05) is 212 Å². The predicted octanol–water partition coefficient (Wildman–Crippen LogP) is 9.10. The Balaban J connectivity index is 0.000000179. The van der Waals surface area contributed by atoms with Crippen LogP contribution in [0.3, 0.4) is 0 Å². The fourth-order valence-corrected chi connectivity index (χ4v) is 14.0. The third-order valence-corrected chi connectivity index (χ3v) is 17.3. The fraction of sp³-hybridized carbons (Fsp3) is 0.0339. The molecule has 0 atom stereocenters. The number of nitrogens with zero attached hydrogens (tertiary/aromatic N) is 1. The first-order valence-corrected chi connectivity index (χ1v) is 25.3. The molecule has 0 N–H and O–H groups in total. The van der Waals surface area contributed by atoms with Gasteiger partial charge in [0.2, 0.25) is 0 Å². The van der Waals surface area contributed by atoms with Crippen LogP contribution in [0.5, 0.6) is 0 Å². The van der Waals surface area contributed by atoms with Crippen molar-refractivity contribution in [1.29, 1.82) is 0 Å². The van der Waals surface area contributed by atoms with E-state index in [0.717, 1.165) is 12.4 Å². The number of benzene rings is 9. The van der Waals surface area contributed by atoms with Crippen LogP contribution in [0.2, 0.25) is 0 Å². The van der Waals surface area contributed by atoms with E-state index in [1.54, 1.807) is 0 Å². The maximum absolute atomic E-state index is 8.89. The van der Waals surface area contributed by atoms with E-state index in [1.807, 2.05) is 24.3 Å². The maximum atomic E-state index is 8.89. The van der Waals surface area contributed by atoms with Crippen molar-refractivity contribution in [3.8, 4) is 0 Å². The number of para-hydroxylation sites is 1. The number of carbonyl (C=O) groups is 1. The monoisotopic (exact) mass is 1110 g/mol. The van der Waals surface area contributed by atoms with Crippen LogP contribution >= 0.6 is 23.8 Å². The Bertz CT molecular complexity index is 2570. The largest absolute Gasteiger partial charge is 2.00 e. The van der Waals surface area contributed by atoms with Crippen molar-refractivity contribution in [3.05, 3.63) is 272 Å². The van der Waals surface area contributed by atoms with Gasteiger partial charge in [0.05, 0.1) is 0 Å². The number of aromatic nitrogens is 1. The quantitative estimate of drug-likeness (QED) is 0.0825. The average Bonchev–Trinajstić information content (AvgIpc) is 3.70. The molecule has 0 aliphatic carbocycles. The molecule has 1 aromatic heterocycles. The summed E-state index contributed by atoms with van der Waals surface area (Å²) in [6.07, 6.45) is 0. The molecule has 0 radical (unpaired) electrons. The van der Waals surface area contributed by atoms with Crippen molar-refractivity contribution in [1.82, 2.24) is 4.98 Å². The number of rotatable bonds is 9. The Labute approximate surface area is 427 Å². The van der Waals surface area contributed by atoms with Gasteiger partial charge in [0.1, 0.15) is 0 Å². The summed E-state index contributed by atoms with van der Waals surface area (Å²) in [6, 6.07) is 96.1. The van der Waals surface area contributed by atoms with Gasteiger partial charge in [0.25, 0.3) is 0 Å². The van der Waals surface area contributed by atoms with Crippen molar-refractivity contribution in [2.24, 2.45) is 0 Å². The molecule has 1 heterocycles. The van der Waals surface area contributed by atoms with Crippen LogP contribution in [-0.4, -0.2) is 5.97 Å². The number of carboxylic acids is 1. The molecule has 0 amide bonds. The van der Waals surface area contributed by atoms with Crippen molar-refractivity contribution in [2.45, 2.75) is 13.8 Å². The first-order chi connectivity index (χ1) is 32.0. The summed E-state index contributed by atoms with van der Waals surface area (Å²) in [5, 5.41) is 20.9. The molecular weight excluding hydrogens is 1060 g/mol. The number of aryl methyl sites for hydroxylation is 1. The number of carboxylic acid groups (broad SMARTS) is 1. The standard InChI is InChI=1S/C21H17NP.2C18H14P.C2H4O2.2Pd/c1-16-19-14-8-9-15-20(19)22-21(16)23(17-10-4-2-5-11-17)18-12-6-3-7-13-18;2*1-4-10-16(11-5-1)19(17-12-6-2-7-13-17)18-14-8-3-9-15-18;1-2(3)4;;/h2-15H,1H3;2*1-14H;1H3,(H,3,4);;/q3*-1;;2*+2/p-1. The minimum atomic E-state index is -1.08. The molecule has 10 aromatic rings. The summed E-state index contributed by atoms with van der Waals surface area (Å²) in [6.45, 7) is 3.17. The van der Waals surface area contributed by atoms with Gasteiger partial charge < -0.3 is 14.9 Å². The molecular formula is C59H48NO2P3Pd2. The summed E-state index contributed by atoms with van der Waals surface area (Å²) in [4.78, 5) is 13.9. The van der Waals surface area contributed by atoms with Gasteiger partial charge in [-0.2, -0.15) is 60.7 Å². The third-order valence-electron chi connectivity index (χ3n) is 10.0. The SMILES string of the molecule is CC(=O)[O-].Cc1c(P(c2ccccc2)c2ccccc2)[n-]c2ccccc12.[Pd+2].[Pd+2].[c-]1ccccc1P(c1ccccc1)c1ccccc1.[c-]1ccccc1P(c1ccccc1)c1ccccc1. The zero-order chi connectivity index (χ0) is 45.1. The molecule has 336 valence electrons. The second-order valence-electron chi connectivity index (χ2n) is 14.6. The smallest absolute Gasteiger partial charge is 0.656 e. The Morgan fingerprint density at radius 2 is 0.672 bits per heavy atom. The normalized spacial score (nSPS) is 10.2. The van der Waals surface area contributed by atoms with E-state index in [0.29, 0.717) is 0 Å². The van der Waals surface area contributed by atoms with Gasteiger partial charge in [-0.05, 0) is 74.8 Å². The van der Waals surface area contributed by atoms with Gasteiger partial charge in [-0.15, -0.1) is 21.6 Å². The number of hydrogen-bond acceptors (Lipinski definition) is 2. The van der Waals surface area contributed by atoms with Gasteiger partial charge >= 0.3 is 40.8 Å².